The van der Waals surface area contributed by atoms with Gasteiger partial charge in [0.15, 0.2) is 0 Å². The summed E-state index contributed by atoms with van der Waals surface area (Å²) in [5.41, 5.74) is 0. The van der Waals surface area contributed by atoms with Gasteiger partial charge in [0.1, 0.15) is 0 Å². The summed E-state index contributed by atoms with van der Waals surface area (Å²) in [4.78, 5) is 13.2. The molecule has 2 unspecified atom stereocenters. The molecule has 0 saturated carbocycles. The van der Waals surface area contributed by atoms with Crippen molar-refractivity contribution in [3.8, 4) is 0 Å². The van der Waals surface area contributed by atoms with Crippen LogP contribution in [0.15, 0.2) is 11.6 Å². The van der Waals surface area contributed by atoms with Crippen LogP contribution >= 0.6 is 11.6 Å². The Bertz CT molecular complexity index is 230. The maximum absolute atomic E-state index is 11.5. The van der Waals surface area contributed by atoms with E-state index in [4.69, 9.17) is 16.3 Å². The van der Waals surface area contributed by atoms with E-state index in [0.29, 0.717) is 13.2 Å². The lowest BCUT2D eigenvalue weighted by Crippen LogP contribution is -2.51. The minimum atomic E-state index is -0.190. The van der Waals surface area contributed by atoms with Crippen LogP contribution in [0.4, 0.5) is 0 Å². The van der Waals surface area contributed by atoms with Gasteiger partial charge in [-0.05, 0) is 13.8 Å². The van der Waals surface area contributed by atoms with E-state index >= 15 is 0 Å². The van der Waals surface area contributed by atoms with E-state index in [1.807, 2.05) is 13.8 Å². The fraction of sp³-hybridized carbons (Fsp3) is 0.667. The summed E-state index contributed by atoms with van der Waals surface area (Å²) in [7, 11) is 0. The normalized spacial score (nSPS) is 28.7. The van der Waals surface area contributed by atoms with Gasteiger partial charge in [0, 0.05) is 6.54 Å². The Balaban J connectivity index is 2.68. The number of carbonyl (C=O) groups is 1. The Morgan fingerprint density at radius 1 is 1.62 bits per heavy atom. The van der Waals surface area contributed by atoms with Crippen molar-refractivity contribution >= 4 is 17.5 Å². The van der Waals surface area contributed by atoms with Gasteiger partial charge in [-0.25, -0.2) is 0 Å². The second kappa shape index (κ2) is 4.11. The van der Waals surface area contributed by atoms with Crippen molar-refractivity contribution in [2.45, 2.75) is 26.0 Å². The summed E-state index contributed by atoms with van der Waals surface area (Å²) < 4.78 is 5.38. The third-order valence-corrected chi connectivity index (χ3v) is 2.54. The maximum Gasteiger partial charge on any atom is 0.265 e. The molecular weight excluding hydrogens is 190 g/mol. The first kappa shape index (κ1) is 10.5. The van der Waals surface area contributed by atoms with Crippen LogP contribution < -0.4 is 0 Å². The predicted molar refractivity (Wildman–Crippen MR) is 51.6 cm³/mol. The molecule has 13 heavy (non-hydrogen) atoms. The largest absolute Gasteiger partial charge is 0.375 e. The van der Waals surface area contributed by atoms with Gasteiger partial charge < -0.3 is 9.64 Å². The zero-order chi connectivity index (χ0) is 10.0. The molecule has 4 heteroatoms. The average Bonchev–Trinajstić information content (AvgIpc) is 2.08. The first-order valence-corrected chi connectivity index (χ1v) is 4.69. The summed E-state index contributed by atoms with van der Waals surface area (Å²) in [5.74, 6) is -0.190. The number of rotatable bonds is 1. The number of hydrogen-bond donors (Lipinski definition) is 0. The monoisotopic (exact) mass is 203 g/mol. The summed E-state index contributed by atoms with van der Waals surface area (Å²) in [6.07, 6.45) is 0.0636. The number of amides is 1. The van der Waals surface area contributed by atoms with Gasteiger partial charge in [-0.2, -0.15) is 0 Å². The molecule has 1 saturated heterocycles. The van der Waals surface area contributed by atoms with Gasteiger partial charge in [-0.3, -0.25) is 4.79 Å². The first-order valence-electron chi connectivity index (χ1n) is 4.31. The summed E-state index contributed by atoms with van der Waals surface area (Å²) >= 11 is 5.55. The average molecular weight is 204 g/mol. The predicted octanol–water partition coefficient (Wildman–Crippen LogP) is 1.37. The minimum absolute atomic E-state index is 0.0636. The van der Waals surface area contributed by atoms with E-state index in [1.54, 1.807) is 4.90 Å². The lowest BCUT2D eigenvalue weighted by atomic mass is 10.1. The molecule has 0 aromatic heterocycles. The highest BCUT2D eigenvalue weighted by atomic mass is 35.5. The van der Waals surface area contributed by atoms with E-state index < -0.39 is 0 Å². The van der Waals surface area contributed by atoms with E-state index in [1.165, 1.54) is 0 Å². The SMILES string of the molecule is C=C(Cl)C(=O)N1CCOC(C)C1C. The fourth-order valence-corrected chi connectivity index (χ4v) is 1.48. The third kappa shape index (κ3) is 2.23. The summed E-state index contributed by atoms with van der Waals surface area (Å²) in [6, 6.07) is 0.0664. The topological polar surface area (TPSA) is 29.5 Å². The fourth-order valence-electron chi connectivity index (χ4n) is 1.38. The molecule has 1 heterocycles. The molecule has 2 atom stereocenters. The molecule has 3 nitrogen and oxygen atoms in total. The number of ether oxygens (including phenoxy) is 1. The second-order valence-corrected chi connectivity index (χ2v) is 3.68. The van der Waals surface area contributed by atoms with Crippen LogP contribution in [0, 0.1) is 0 Å². The standard InChI is InChI=1S/C9H14ClNO2/c1-6(10)9(12)11-4-5-13-8(3)7(11)2/h7-8H,1,4-5H2,2-3H3. The molecule has 74 valence electrons. The number of nitrogens with zero attached hydrogens (tertiary/aromatic N) is 1. The van der Waals surface area contributed by atoms with Gasteiger partial charge in [-0.15, -0.1) is 0 Å². The number of carbonyl (C=O) groups excluding carboxylic acids is 1. The summed E-state index contributed by atoms with van der Waals surface area (Å²) in [5, 5.41) is 0.0703. The Morgan fingerprint density at radius 3 is 2.77 bits per heavy atom. The quantitative estimate of drug-likeness (QED) is 0.603. The smallest absolute Gasteiger partial charge is 0.265 e. The van der Waals surface area contributed by atoms with Crippen LogP contribution in [0.5, 0.6) is 0 Å². The van der Waals surface area contributed by atoms with Crippen molar-refractivity contribution in [3.63, 3.8) is 0 Å². The van der Waals surface area contributed by atoms with E-state index in [0.717, 1.165) is 0 Å². The van der Waals surface area contributed by atoms with Crippen molar-refractivity contribution in [1.29, 1.82) is 0 Å². The summed E-state index contributed by atoms with van der Waals surface area (Å²) in [6.45, 7) is 8.48. The van der Waals surface area contributed by atoms with Crippen molar-refractivity contribution in [2.75, 3.05) is 13.2 Å². The molecule has 0 aliphatic carbocycles. The highest BCUT2D eigenvalue weighted by molar-refractivity contribution is 6.41. The minimum Gasteiger partial charge on any atom is -0.375 e. The Morgan fingerprint density at radius 2 is 2.23 bits per heavy atom. The van der Waals surface area contributed by atoms with E-state index in [2.05, 4.69) is 6.58 Å². The van der Waals surface area contributed by atoms with Crippen molar-refractivity contribution in [1.82, 2.24) is 4.90 Å². The van der Waals surface area contributed by atoms with Crippen LogP contribution in [0.3, 0.4) is 0 Å². The molecule has 0 radical (unpaired) electrons. The lowest BCUT2D eigenvalue weighted by Gasteiger charge is -2.37. The zero-order valence-corrected chi connectivity index (χ0v) is 8.67. The highest BCUT2D eigenvalue weighted by Gasteiger charge is 2.29. The van der Waals surface area contributed by atoms with Crippen LogP contribution in [0.25, 0.3) is 0 Å². The van der Waals surface area contributed by atoms with Gasteiger partial charge in [0.25, 0.3) is 5.91 Å². The number of hydrogen-bond acceptors (Lipinski definition) is 2. The van der Waals surface area contributed by atoms with Crippen LogP contribution in [0.1, 0.15) is 13.8 Å². The third-order valence-electron chi connectivity index (χ3n) is 2.38. The molecule has 0 spiro atoms. The Labute approximate surface area is 83.3 Å². The molecule has 0 aromatic carbocycles. The van der Waals surface area contributed by atoms with E-state index in [-0.39, 0.29) is 23.1 Å². The molecular formula is C9H14ClNO2. The van der Waals surface area contributed by atoms with Gasteiger partial charge in [0.05, 0.1) is 23.8 Å². The number of halogens is 1. The molecule has 1 fully saturated rings. The van der Waals surface area contributed by atoms with Gasteiger partial charge in [-0.1, -0.05) is 18.2 Å². The molecule has 1 amide bonds. The number of morpholine rings is 1. The van der Waals surface area contributed by atoms with Crippen LogP contribution in [-0.2, 0) is 9.53 Å². The zero-order valence-electron chi connectivity index (χ0n) is 7.92. The van der Waals surface area contributed by atoms with Crippen molar-refractivity contribution in [2.24, 2.45) is 0 Å². The van der Waals surface area contributed by atoms with Gasteiger partial charge in [0.2, 0.25) is 0 Å². The van der Waals surface area contributed by atoms with Gasteiger partial charge >= 0.3 is 0 Å². The van der Waals surface area contributed by atoms with Crippen LogP contribution in [-0.4, -0.2) is 36.1 Å². The molecule has 0 bridgehead atoms. The molecule has 0 N–H and O–H groups in total. The van der Waals surface area contributed by atoms with Crippen molar-refractivity contribution < 1.29 is 9.53 Å². The first-order chi connectivity index (χ1) is 6.04. The second-order valence-electron chi connectivity index (χ2n) is 3.22. The van der Waals surface area contributed by atoms with Crippen LogP contribution in [0.2, 0.25) is 0 Å². The Hall–Kier alpha value is -0.540. The molecule has 1 aliphatic rings. The maximum atomic E-state index is 11.5. The molecule has 1 aliphatic heterocycles. The van der Waals surface area contributed by atoms with Crippen molar-refractivity contribution in [3.05, 3.63) is 11.6 Å². The Kier molecular flexibility index (Phi) is 3.33. The highest BCUT2D eigenvalue weighted by Crippen LogP contribution is 2.16. The molecule has 1 rings (SSSR count). The lowest BCUT2D eigenvalue weighted by molar-refractivity contribution is -0.139. The van der Waals surface area contributed by atoms with E-state index in [9.17, 15) is 4.79 Å². The molecule has 0 aromatic rings.